The van der Waals surface area contributed by atoms with Crippen molar-refractivity contribution < 1.29 is 9.53 Å². The molecule has 0 spiro atoms. The first kappa shape index (κ1) is 19.0. The molecule has 2 N–H and O–H groups in total. The molecule has 1 atom stereocenters. The van der Waals surface area contributed by atoms with E-state index in [4.69, 9.17) is 10.5 Å². The third-order valence-corrected chi connectivity index (χ3v) is 5.96. The van der Waals surface area contributed by atoms with Gasteiger partial charge in [-0.05, 0) is 39.5 Å². The van der Waals surface area contributed by atoms with Gasteiger partial charge in [0.05, 0.1) is 19.6 Å². The van der Waals surface area contributed by atoms with Gasteiger partial charge in [0, 0.05) is 49.2 Å². The van der Waals surface area contributed by atoms with E-state index in [1.54, 1.807) is 0 Å². The van der Waals surface area contributed by atoms with E-state index in [1.165, 1.54) is 0 Å². The van der Waals surface area contributed by atoms with Crippen molar-refractivity contribution in [2.45, 2.75) is 46.1 Å². The van der Waals surface area contributed by atoms with Crippen LogP contribution in [0.4, 0.5) is 5.95 Å². The Bertz CT molecular complexity index is 614. The van der Waals surface area contributed by atoms with E-state index in [0.29, 0.717) is 18.4 Å². The van der Waals surface area contributed by atoms with Crippen LogP contribution in [0.25, 0.3) is 0 Å². The van der Waals surface area contributed by atoms with Crippen LogP contribution in [0, 0.1) is 19.8 Å². The van der Waals surface area contributed by atoms with Crippen LogP contribution in [0.2, 0.25) is 0 Å². The van der Waals surface area contributed by atoms with Crippen LogP contribution in [0.1, 0.15) is 36.7 Å². The first-order chi connectivity index (χ1) is 12.5. The Morgan fingerprint density at radius 2 is 1.73 bits per heavy atom. The molecule has 0 saturated carbocycles. The molecule has 2 aliphatic heterocycles. The number of carbonyl (C=O) groups is 1. The van der Waals surface area contributed by atoms with Gasteiger partial charge in [0.2, 0.25) is 11.9 Å². The number of amides is 1. The third kappa shape index (κ3) is 4.32. The van der Waals surface area contributed by atoms with Gasteiger partial charge in [-0.2, -0.15) is 0 Å². The van der Waals surface area contributed by atoms with Crippen LogP contribution in [0.5, 0.6) is 0 Å². The number of nitrogens with zero attached hydrogens (tertiary/aromatic N) is 4. The molecule has 2 aliphatic rings. The second-order valence-corrected chi connectivity index (χ2v) is 7.52. The van der Waals surface area contributed by atoms with Crippen molar-refractivity contribution in [1.29, 1.82) is 0 Å². The summed E-state index contributed by atoms with van der Waals surface area (Å²) in [6, 6.07) is 0.561. The molecule has 0 aromatic carbocycles. The average Bonchev–Trinajstić information content (AvgIpc) is 2.64. The van der Waals surface area contributed by atoms with E-state index < -0.39 is 0 Å². The number of anilines is 1. The number of ether oxygens (including phenoxy) is 1. The lowest BCUT2D eigenvalue weighted by atomic mass is 9.89. The van der Waals surface area contributed by atoms with Gasteiger partial charge in [0.1, 0.15) is 0 Å². The van der Waals surface area contributed by atoms with Gasteiger partial charge in [-0.1, -0.05) is 0 Å². The predicted molar refractivity (Wildman–Crippen MR) is 101 cm³/mol. The molecular weight excluding hydrogens is 330 g/mol. The SMILES string of the molecule is Cc1nc(N)nc(C)c1CC(=O)N1CCC([C@@H](C)N2CCOCC2)CC1. The quantitative estimate of drug-likeness (QED) is 0.867. The zero-order chi connectivity index (χ0) is 18.7. The van der Waals surface area contributed by atoms with Crippen LogP contribution in [-0.4, -0.2) is 71.1 Å². The van der Waals surface area contributed by atoms with Crippen molar-refractivity contribution in [3.05, 3.63) is 17.0 Å². The number of piperidine rings is 1. The van der Waals surface area contributed by atoms with Crippen molar-refractivity contribution in [1.82, 2.24) is 19.8 Å². The number of likely N-dealkylation sites (tertiary alicyclic amines) is 1. The number of hydrogen-bond acceptors (Lipinski definition) is 6. The summed E-state index contributed by atoms with van der Waals surface area (Å²) in [6.07, 6.45) is 2.50. The highest BCUT2D eigenvalue weighted by molar-refractivity contribution is 5.79. The highest BCUT2D eigenvalue weighted by Crippen LogP contribution is 2.25. The van der Waals surface area contributed by atoms with Gasteiger partial charge in [0.25, 0.3) is 0 Å². The lowest BCUT2D eigenvalue weighted by Crippen LogP contribution is -2.49. The van der Waals surface area contributed by atoms with Crippen molar-refractivity contribution in [2.24, 2.45) is 5.92 Å². The Morgan fingerprint density at radius 1 is 1.15 bits per heavy atom. The van der Waals surface area contributed by atoms with Gasteiger partial charge in [-0.25, -0.2) is 9.97 Å². The highest BCUT2D eigenvalue weighted by atomic mass is 16.5. The number of aromatic nitrogens is 2. The zero-order valence-corrected chi connectivity index (χ0v) is 16.2. The fourth-order valence-electron chi connectivity index (χ4n) is 4.20. The van der Waals surface area contributed by atoms with Gasteiger partial charge < -0.3 is 15.4 Å². The smallest absolute Gasteiger partial charge is 0.227 e. The number of nitrogens with two attached hydrogens (primary N) is 1. The standard InChI is InChI=1S/C19H31N5O2/c1-13-17(14(2)22-19(20)21-13)12-18(25)24-6-4-16(5-7-24)15(3)23-8-10-26-11-9-23/h15-16H,4-12H2,1-3H3,(H2,20,21,22)/t15-/m1/s1. The average molecular weight is 361 g/mol. The molecule has 0 aliphatic carbocycles. The van der Waals surface area contributed by atoms with E-state index in [1.807, 2.05) is 18.7 Å². The maximum atomic E-state index is 12.7. The highest BCUT2D eigenvalue weighted by Gasteiger charge is 2.30. The number of aryl methyl sites for hydroxylation is 2. The monoisotopic (exact) mass is 361 g/mol. The molecular formula is C19H31N5O2. The Morgan fingerprint density at radius 3 is 2.31 bits per heavy atom. The minimum Gasteiger partial charge on any atom is -0.379 e. The summed E-state index contributed by atoms with van der Waals surface area (Å²) in [5, 5.41) is 0. The molecule has 0 bridgehead atoms. The van der Waals surface area contributed by atoms with Crippen molar-refractivity contribution in [3.8, 4) is 0 Å². The molecule has 7 nitrogen and oxygen atoms in total. The molecule has 1 aromatic heterocycles. The minimum absolute atomic E-state index is 0.169. The lowest BCUT2D eigenvalue weighted by molar-refractivity contribution is -0.132. The number of rotatable bonds is 4. The summed E-state index contributed by atoms with van der Waals surface area (Å²) in [4.78, 5) is 25.7. The second-order valence-electron chi connectivity index (χ2n) is 7.52. The number of hydrogen-bond donors (Lipinski definition) is 1. The molecule has 1 aromatic rings. The number of nitrogen functional groups attached to an aromatic ring is 1. The largest absolute Gasteiger partial charge is 0.379 e. The van der Waals surface area contributed by atoms with Gasteiger partial charge in [-0.3, -0.25) is 9.69 Å². The summed E-state index contributed by atoms with van der Waals surface area (Å²) in [6.45, 7) is 11.5. The van der Waals surface area contributed by atoms with E-state index in [2.05, 4.69) is 21.8 Å². The Labute approximate surface area is 155 Å². The van der Waals surface area contributed by atoms with E-state index in [-0.39, 0.29) is 11.9 Å². The summed E-state index contributed by atoms with van der Waals surface area (Å²) in [7, 11) is 0. The minimum atomic E-state index is 0.169. The molecule has 2 fully saturated rings. The maximum absolute atomic E-state index is 12.7. The van der Waals surface area contributed by atoms with E-state index in [0.717, 1.165) is 69.2 Å². The first-order valence-electron chi connectivity index (χ1n) is 9.65. The topological polar surface area (TPSA) is 84.6 Å². The van der Waals surface area contributed by atoms with Crippen molar-refractivity contribution in [3.63, 3.8) is 0 Å². The Balaban J connectivity index is 1.54. The van der Waals surface area contributed by atoms with Crippen LogP contribution in [0.3, 0.4) is 0 Å². The number of morpholine rings is 1. The van der Waals surface area contributed by atoms with Crippen LogP contribution in [0.15, 0.2) is 0 Å². The van der Waals surface area contributed by atoms with Crippen LogP contribution >= 0.6 is 0 Å². The normalized spacial score (nSPS) is 21.0. The molecule has 144 valence electrons. The molecule has 2 saturated heterocycles. The maximum Gasteiger partial charge on any atom is 0.227 e. The molecule has 3 rings (SSSR count). The zero-order valence-electron chi connectivity index (χ0n) is 16.2. The third-order valence-electron chi connectivity index (χ3n) is 5.96. The van der Waals surface area contributed by atoms with E-state index >= 15 is 0 Å². The molecule has 1 amide bonds. The first-order valence-corrected chi connectivity index (χ1v) is 9.65. The molecule has 7 heteroatoms. The molecule has 0 unspecified atom stereocenters. The fraction of sp³-hybridized carbons (Fsp3) is 0.737. The van der Waals surface area contributed by atoms with Gasteiger partial charge in [-0.15, -0.1) is 0 Å². The molecule has 0 radical (unpaired) electrons. The lowest BCUT2D eigenvalue weighted by Gasteiger charge is -2.41. The summed E-state index contributed by atoms with van der Waals surface area (Å²) in [5.74, 6) is 1.09. The van der Waals surface area contributed by atoms with Gasteiger partial charge in [0.15, 0.2) is 0 Å². The van der Waals surface area contributed by atoms with Crippen LogP contribution in [-0.2, 0) is 16.0 Å². The Kier molecular flexibility index (Phi) is 6.09. The van der Waals surface area contributed by atoms with Crippen molar-refractivity contribution >= 4 is 11.9 Å². The summed E-state index contributed by atoms with van der Waals surface area (Å²) >= 11 is 0. The summed E-state index contributed by atoms with van der Waals surface area (Å²) < 4.78 is 5.46. The molecule has 26 heavy (non-hydrogen) atoms. The summed E-state index contributed by atoms with van der Waals surface area (Å²) in [5.41, 5.74) is 8.20. The predicted octanol–water partition coefficient (Wildman–Crippen LogP) is 1.18. The number of carbonyl (C=O) groups excluding carboxylic acids is 1. The van der Waals surface area contributed by atoms with Crippen LogP contribution < -0.4 is 5.73 Å². The van der Waals surface area contributed by atoms with E-state index in [9.17, 15) is 4.79 Å². The second kappa shape index (κ2) is 8.31. The fourth-order valence-corrected chi connectivity index (χ4v) is 4.20. The Hall–Kier alpha value is -1.73. The van der Waals surface area contributed by atoms with Gasteiger partial charge >= 0.3 is 0 Å². The van der Waals surface area contributed by atoms with Crippen molar-refractivity contribution in [2.75, 3.05) is 45.1 Å². The molecule has 3 heterocycles.